The number of nitrogens with zero attached hydrogens (tertiary/aromatic N) is 1. The first-order valence-corrected chi connectivity index (χ1v) is 9.82. The van der Waals surface area contributed by atoms with Crippen molar-refractivity contribution in [2.45, 2.75) is 31.9 Å². The number of hydrogen-bond donors (Lipinski definition) is 1. The van der Waals surface area contributed by atoms with Crippen LogP contribution in [0.3, 0.4) is 0 Å². The first-order chi connectivity index (χ1) is 14.0. The lowest BCUT2D eigenvalue weighted by molar-refractivity contribution is 0.0486. The minimum absolute atomic E-state index is 0.0559. The van der Waals surface area contributed by atoms with Gasteiger partial charge in [0.2, 0.25) is 5.76 Å². The number of ether oxygens (including phenoxy) is 1. The van der Waals surface area contributed by atoms with Crippen molar-refractivity contribution in [1.82, 2.24) is 4.90 Å². The zero-order valence-corrected chi connectivity index (χ0v) is 16.1. The van der Waals surface area contributed by atoms with Gasteiger partial charge in [0.1, 0.15) is 11.3 Å². The molecule has 2 atom stereocenters. The molecule has 1 saturated heterocycles. The number of aromatic hydroxyl groups is 1. The summed E-state index contributed by atoms with van der Waals surface area (Å²) in [7, 11) is 0. The molecule has 3 aromatic rings. The number of amides is 1. The van der Waals surface area contributed by atoms with Gasteiger partial charge >= 0.3 is 0 Å². The molecule has 0 radical (unpaired) electrons. The van der Waals surface area contributed by atoms with Crippen LogP contribution >= 0.6 is 0 Å². The summed E-state index contributed by atoms with van der Waals surface area (Å²) in [4.78, 5) is 28.4. The molecular weight excluding hydrogens is 370 g/mol. The van der Waals surface area contributed by atoms with E-state index in [0.29, 0.717) is 29.7 Å². The molecule has 6 heteroatoms. The summed E-state index contributed by atoms with van der Waals surface area (Å²) in [6.07, 6.45) is 1.79. The van der Waals surface area contributed by atoms with Crippen molar-refractivity contribution in [2.24, 2.45) is 0 Å². The number of phenolic OH excluding ortho intramolecular Hbond substituents is 1. The highest BCUT2D eigenvalue weighted by Gasteiger charge is 2.43. The molecule has 2 aliphatic heterocycles. The summed E-state index contributed by atoms with van der Waals surface area (Å²) in [5, 5.41) is 10.2. The fourth-order valence-electron chi connectivity index (χ4n) is 4.33. The molecule has 2 unspecified atom stereocenters. The molecule has 29 heavy (non-hydrogen) atoms. The fourth-order valence-corrected chi connectivity index (χ4v) is 4.33. The average Bonchev–Trinajstić information content (AvgIpc) is 3.32. The second kappa shape index (κ2) is 6.74. The van der Waals surface area contributed by atoms with Gasteiger partial charge < -0.3 is 19.2 Å². The van der Waals surface area contributed by atoms with Crippen LogP contribution in [0.4, 0.5) is 0 Å². The van der Waals surface area contributed by atoms with Gasteiger partial charge in [0, 0.05) is 13.2 Å². The van der Waals surface area contributed by atoms with Crippen LogP contribution < -0.4 is 5.43 Å². The van der Waals surface area contributed by atoms with Gasteiger partial charge in [-0.3, -0.25) is 9.59 Å². The summed E-state index contributed by atoms with van der Waals surface area (Å²) < 4.78 is 11.7. The molecule has 2 aliphatic rings. The molecule has 1 fully saturated rings. The van der Waals surface area contributed by atoms with Crippen LogP contribution in [-0.4, -0.2) is 35.2 Å². The Morgan fingerprint density at radius 1 is 1.14 bits per heavy atom. The van der Waals surface area contributed by atoms with E-state index in [4.69, 9.17) is 9.15 Å². The van der Waals surface area contributed by atoms with Crippen molar-refractivity contribution in [3.63, 3.8) is 0 Å². The van der Waals surface area contributed by atoms with E-state index < -0.39 is 6.04 Å². The first-order valence-electron chi connectivity index (χ1n) is 9.82. The lowest BCUT2D eigenvalue weighted by Gasteiger charge is -2.27. The number of hydrogen-bond acceptors (Lipinski definition) is 5. The van der Waals surface area contributed by atoms with Crippen LogP contribution in [0.15, 0.2) is 51.7 Å². The Bertz CT molecular complexity index is 1160. The highest BCUT2D eigenvalue weighted by atomic mass is 16.5. The number of phenols is 1. The molecule has 0 spiro atoms. The lowest BCUT2D eigenvalue weighted by atomic mass is 9.98. The summed E-state index contributed by atoms with van der Waals surface area (Å²) in [5.74, 6) is -0.0688. The molecule has 6 nitrogen and oxygen atoms in total. The van der Waals surface area contributed by atoms with Gasteiger partial charge in [-0.15, -0.1) is 0 Å². The summed E-state index contributed by atoms with van der Waals surface area (Å²) in [6, 6.07) is 11.4. The van der Waals surface area contributed by atoms with Crippen molar-refractivity contribution in [2.75, 3.05) is 13.2 Å². The van der Waals surface area contributed by atoms with Gasteiger partial charge in [-0.05, 0) is 49.6 Å². The number of carbonyl (C=O) groups excluding carboxylic acids is 1. The highest BCUT2D eigenvalue weighted by molar-refractivity contribution is 5.99. The average molecular weight is 391 g/mol. The predicted molar refractivity (Wildman–Crippen MR) is 107 cm³/mol. The van der Waals surface area contributed by atoms with E-state index in [1.807, 2.05) is 13.0 Å². The standard InChI is InChI=1S/C23H21NO5/c1-13-4-9-18-17(11-13)21(26)19-20(14-5-7-15(25)8-6-14)24(23(27)22(19)29-18)12-16-3-2-10-28-16/h4-9,11,16,20,25H,2-3,10,12H2,1H3. The van der Waals surface area contributed by atoms with Crippen molar-refractivity contribution in [3.05, 3.63) is 75.1 Å². The van der Waals surface area contributed by atoms with E-state index in [9.17, 15) is 14.7 Å². The normalized spacial score (nSPS) is 21.1. The van der Waals surface area contributed by atoms with Crippen LogP contribution in [0.1, 0.15) is 46.1 Å². The van der Waals surface area contributed by atoms with E-state index >= 15 is 0 Å². The van der Waals surface area contributed by atoms with E-state index in [2.05, 4.69) is 0 Å². The van der Waals surface area contributed by atoms with E-state index in [1.54, 1.807) is 41.3 Å². The Morgan fingerprint density at radius 3 is 2.66 bits per heavy atom. The SMILES string of the molecule is Cc1ccc2oc3c(c(=O)c2c1)C(c1ccc(O)cc1)N(CC1CCCO1)C3=O. The lowest BCUT2D eigenvalue weighted by Crippen LogP contribution is -2.36. The van der Waals surface area contributed by atoms with Gasteiger partial charge in [-0.25, -0.2) is 0 Å². The second-order valence-electron chi connectivity index (χ2n) is 7.76. The van der Waals surface area contributed by atoms with Gasteiger partial charge in [0.15, 0.2) is 5.43 Å². The van der Waals surface area contributed by atoms with Crippen LogP contribution in [-0.2, 0) is 4.74 Å². The molecule has 0 aliphatic carbocycles. The number of carbonyl (C=O) groups is 1. The number of rotatable bonds is 3. The molecule has 1 amide bonds. The largest absolute Gasteiger partial charge is 0.508 e. The maximum Gasteiger partial charge on any atom is 0.291 e. The van der Waals surface area contributed by atoms with Gasteiger partial charge in [-0.1, -0.05) is 23.8 Å². The Balaban J connectivity index is 1.71. The second-order valence-corrected chi connectivity index (χ2v) is 7.76. The van der Waals surface area contributed by atoms with Crippen molar-refractivity contribution >= 4 is 16.9 Å². The molecule has 0 bridgehead atoms. The van der Waals surface area contributed by atoms with Gasteiger partial charge in [0.05, 0.1) is 23.1 Å². The maximum atomic E-state index is 13.4. The van der Waals surface area contributed by atoms with Crippen LogP contribution in [0.25, 0.3) is 11.0 Å². The third-order valence-corrected chi connectivity index (χ3v) is 5.75. The summed E-state index contributed by atoms with van der Waals surface area (Å²) >= 11 is 0. The molecule has 1 aromatic heterocycles. The minimum atomic E-state index is -0.566. The zero-order valence-electron chi connectivity index (χ0n) is 16.1. The molecule has 1 N–H and O–H groups in total. The van der Waals surface area contributed by atoms with Crippen molar-refractivity contribution in [3.8, 4) is 5.75 Å². The Kier molecular flexibility index (Phi) is 4.17. The van der Waals surface area contributed by atoms with Crippen LogP contribution in [0, 0.1) is 6.92 Å². The monoisotopic (exact) mass is 391 g/mol. The van der Waals surface area contributed by atoms with Gasteiger partial charge in [-0.2, -0.15) is 0 Å². The van der Waals surface area contributed by atoms with Gasteiger partial charge in [0.25, 0.3) is 5.91 Å². The van der Waals surface area contributed by atoms with E-state index in [0.717, 1.165) is 24.0 Å². The quantitative estimate of drug-likeness (QED) is 0.739. The fraction of sp³-hybridized carbons (Fsp3) is 0.304. The zero-order chi connectivity index (χ0) is 20.1. The smallest absolute Gasteiger partial charge is 0.291 e. The molecule has 3 heterocycles. The molecule has 5 rings (SSSR count). The van der Waals surface area contributed by atoms with Crippen molar-refractivity contribution in [1.29, 1.82) is 0 Å². The van der Waals surface area contributed by atoms with E-state index in [1.165, 1.54) is 0 Å². The summed E-state index contributed by atoms with van der Waals surface area (Å²) in [6.45, 7) is 2.99. The highest BCUT2D eigenvalue weighted by Crippen LogP contribution is 2.39. The molecular formula is C23H21NO5. The minimum Gasteiger partial charge on any atom is -0.508 e. The molecule has 0 saturated carbocycles. The Morgan fingerprint density at radius 2 is 1.93 bits per heavy atom. The third kappa shape index (κ3) is 2.91. The van der Waals surface area contributed by atoms with E-state index in [-0.39, 0.29) is 28.9 Å². The Hall–Kier alpha value is -3.12. The predicted octanol–water partition coefficient (Wildman–Crippen LogP) is 3.53. The summed E-state index contributed by atoms with van der Waals surface area (Å²) in [5.41, 5.74) is 2.29. The topological polar surface area (TPSA) is 80.0 Å². The Labute approximate surface area is 167 Å². The van der Waals surface area contributed by atoms with Crippen molar-refractivity contribution < 1.29 is 19.1 Å². The first kappa shape index (κ1) is 17.9. The number of fused-ring (bicyclic) bond motifs is 2. The maximum absolute atomic E-state index is 13.4. The van der Waals surface area contributed by atoms with Crippen LogP contribution in [0.2, 0.25) is 0 Å². The third-order valence-electron chi connectivity index (χ3n) is 5.75. The number of aryl methyl sites for hydroxylation is 1. The number of benzene rings is 2. The molecule has 2 aromatic carbocycles. The molecule has 148 valence electrons. The van der Waals surface area contributed by atoms with Crippen LogP contribution in [0.5, 0.6) is 5.75 Å².